The summed E-state index contributed by atoms with van der Waals surface area (Å²) in [5, 5.41) is 3.99. The molecule has 176 valence electrons. The average molecular weight is 544 g/mol. The molecule has 1 heterocycles. The third kappa shape index (κ3) is 5.40. The Morgan fingerprint density at radius 3 is 2.50 bits per heavy atom. The first-order chi connectivity index (χ1) is 16.3. The van der Waals surface area contributed by atoms with E-state index in [1.807, 2.05) is 6.92 Å². The Balaban J connectivity index is 1.54. The molecule has 0 radical (unpaired) electrons. The van der Waals surface area contributed by atoms with Crippen molar-refractivity contribution >= 4 is 43.8 Å². The molecule has 0 bridgehead atoms. The van der Waals surface area contributed by atoms with Crippen molar-refractivity contribution < 1.29 is 22.7 Å². The maximum absolute atomic E-state index is 13.4. The summed E-state index contributed by atoms with van der Waals surface area (Å²) in [5.74, 6) is 0.550. The molecule has 3 aromatic rings. The number of carbonyl (C=O) groups is 1. The van der Waals surface area contributed by atoms with E-state index < -0.39 is 22.5 Å². The van der Waals surface area contributed by atoms with Gasteiger partial charge in [-0.1, -0.05) is 39.7 Å². The number of para-hydroxylation sites is 1. The SMILES string of the molecule is Cc1ccc(S(=O)(=O)N(CC(=O)N/N=C\c2cccc3c2OCCO3)c2ccc(Br)cc2)cc1. The first-order valence-electron chi connectivity index (χ1n) is 10.4. The van der Waals surface area contributed by atoms with Gasteiger partial charge >= 0.3 is 0 Å². The number of amides is 1. The van der Waals surface area contributed by atoms with Crippen LogP contribution in [0.5, 0.6) is 11.5 Å². The molecule has 0 unspecified atom stereocenters. The molecule has 1 N–H and O–H groups in total. The molecule has 34 heavy (non-hydrogen) atoms. The van der Waals surface area contributed by atoms with Crippen molar-refractivity contribution in [3.8, 4) is 11.5 Å². The molecule has 0 aliphatic carbocycles. The molecule has 4 rings (SSSR count). The third-order valence-corrected chi connectivity index (χ3v) is 7.32. The predicted octanol–water partition coefficient (Wildman–Crippen LogP) is 3.87. The summed E-state index contributed by atoms with van der Waals surface area (Å²) in [7, 11) is -4.00. The number of carbonyl (C=O) groups excluding carboxylic acids is 1. The van der Waals surface area contributed by atoms with Crippen LogP contribution in [-0.4, -0.2) is 40.3 Å². The van der Waals surface area contributed by atoms with Crippen molar-refractivity contribution in [2.45, 2.75) is 11.8 Å². The number of rotatable bonds is 7. The first kappa shape index (κ1) is 23.8. The van der Waals surface area contributed by atoms with Crippen LogP contribution in [0.1, 0.15) is 11.1 Å². The molecule has 1 aliphatic heterocycles. The molecule has 0 saturated heterocycles. The number of ether oxygens (including phenoxy) is 2. The maximum Gasteiger partial charge on any atom is 0.264 e. The van der Waals surface area contributed by atoms with E-state index in [4.69, 9.17) is 9.47 Å². The summed E-state index contributed by atoms with van der Waals surface area (Å²) in [6, 6.07) is 18.5. The Labute approximate surface area is 206 Å². The zero-order chi connectivity index (χ0) is 24.1. The van der Waals surface area contributed by atoms with E-state index >= 15 is 0 Å². The summed E-state index contributed by atoms with van der Waals surface area (Å²) < 4.78 is 39.8. The van der Waals surface area contributed by atoms with Crippen molar-refractivity contribution in [3.05, 3.63) is 82.3 Å². The number of hydrogen-bond acceptors (Lipinski definition) is 6. The molecule has 0 atom stereocenters. The normalized spacial score (nSPS) is 13.0. The minimum atomic E-state index is -4.00. The number of aryl methyl sites for hydroxylation is 1. The highest BCUT2D eigenvalue weighted by molar-refractivity contribution is 9.10. The maximum atomic E-state index is 13.4. The van der Waals surface area contributed by atoms with Gasteiger partial charge in [-0.05, 0) is 55.5 Å². The number of sulfonamides is 1. The molecule has 0 fully saturated rings. The Hall–Kier alpha value is -3.37. The van der Waals surface area contributed by atoms with Crippen molar-refractivity contribution in [2.24, 2.45) is 5.10 Å². The van der Waals surface area contributed by atoms with Gasteiger partial charge in [0, 0.05) is 10.0 Å². The van der Waals surface area contributed by atoms with Crippen LogP contribution in [0.25, 0.3) is 0 Å². The number of halogens is 1. The second-order valence-electron chi connectivity index (χ2n) is 7.47. The zero-order valence-electron chi connectivity index (χ0n) is 18.3. The summed E-state index contributed by atoms with van der Waals surface area (Å²) in [4.78, 5) is 12.8. The van der Waals surface area contributed by atoms with Gasteiger partial charge in [-0.15, -0.1) is 0 Å². The first-order valence-corrected chi connectivity index (χ1v) is 12.6. The van der Waals surface area contributed by atoms with Gasteiger partial charge in [0.05, 0.1) is 16.8 Å². The fourth-order valence-electron chi connectivity index (χ4n) is 3.30. The van der Waals surface area contributed by atoms with Gasteiger partial charge in [-0.3, -0.25) is 9.10 Å². The van der Waals surface area contributed by atoms with E-state index in [0.717, 1.165) is 14.3 Å². The fraction of sp³-hybridized carbons (Fsp3) is 0.167. The molecular formula is C24H22BrN3O5S. The molecule has 0 saturated carbocycles. The topological polar surface area (TPSA) is 97.3 Å². The largest absolute Gasteiger partial charge is 0.486 e. The lowest BCUT2D eigenvalue weighted by Crippen LogP contribution is -2.39. The Kier molecular flexibility index (Phi) is 7.18. The Morgan fingerprint density at radius 1 is 1.06 bits per heavy atom. The standard InChI is InChI=1S/C24H22BrN3O5S/c1-17-5-11-21(12-6-17)34(30,31)28(20-9-7-19(25)8-10-20)16-23(29)27-26-15-18-3-2-4-22-24(18)33-14-13-32-22/h2-12,15H,13-14,16H2,1H3,(H,27,29)/b26-15-. The summed E-state index contributed by atoms with van der Waals surface area (Å²) >= 11 is 3.35. The number of benzene rings is 3. The molecule has 3 aromatic carbocycles. The van der Waals surface area contributed by atoms with Gasteiger partial charge in [-0.2, -0.15) is 5.10 Å². The van der Waals surface area contributed by atoms with Crippen molar-refractivity contribution in [1.82, 2.24) is 5.43 Å². The average Bonchev–Trinajstić information content (AvgIpc) is 2.83. The van der Waals surface area contributed by atoms with E-state index in [9.17, 15) is 13.2 Å². The second kappa shape index (κ2) is 10.3. The number of hydrogen-bond donors (Lipinski definition) is 1. The van der Waals surface area contributed by atoms with Crippen LogP contribution in [-0.2, 0) is 14.8 Å². The van der Waals surface area contributed by atoms with E-state index in [1.165, 1.54) is 18.3 Å². The van der Waals surface area contributed by atoms with Crippen LogP contribution in [0.4, 0.5) is 5.69 Å². The van der Waals surface area contributed by atoms with Gasteiger partial charge in [0.15, 0.2) is 11.5 Å². The predicted molar refractivity (Wildman–Crippen MR) is 133 cm³/mol. The van der Waals surface area contributed by atoms with Crippen LogP contribution in [0.3, 0.4) is 0 Å². The molecule has 1 amide bonds. The number of hydrazone groups is 1. The van der Waals surface area contributed by atoms with Crippen molar-refractivity contribution in [1.29, 1.82) is 0 Å². The van der Waals surface area contributed by atoms with E-state index in [1.54, 1.807) is 54.6 Å². The van der Waals surface area contributed by atoms with Gasteiger partial charge in [0.1, 0.15) is 19.8 Å². The number of nitrogens with one attached hydrogen (secondary N) is 1. The summed E-state index contributed by atoms with van der Waals surface area (Å²) in [5.41, 5.74) is 4.32. The molecule has 0 spiro atoms. The van der Waals surface area contributed by atoms with Gasteiger partial charge in [0.2, 0.25) is 0 Å². The molecular weight excluding hydrogens is 522 g/mol. The number of fused-ring (bicyclic) bond motifs is 1. The van der Waals surface area contributed by atoms with Crippen LogP contribution in [0.2, 0.25) is 0 Å². The molecule has 8 nitrogen and oxygen atoms in total. The van der Waals surface area contributed by atoms with Gasteiger partial charge in [0.25, 0.3) is 15.9 Å². The minimum Gasteiger partial charge on any atom is -0.486 e. The van der Waals surface area contributed by atoms with Gasteiger partial charge in [-0.25, -0.2) is 13.8 Å². The lowest BCUT2D eigenvalue weighted by Gasteiger charge is -2.24. The quantitative estimate of drug-likeness (QED) is 0.360. The van der Waals surface area contributed by atoms with Crippen LogP contribution < -0.4 is 19.2 Å². The molecule has 10 heteroatoms. The van der Waals surface area contributed by atoms with Crippen molar-refractivity contribution in [2.75, 3.05) is 24.1 Å². The zero-order valence-corrected chi connectivity index (χ0v) is 20.7. The highest BCUT2D eigenvalue weighted by Crippen LogP contribution is 2.32. The minimum absolute atomic E-state index is 0.0883. The van der Waals surface area contributed by atoms with Gasteiger partial charge < -0.3 is 9.47 Å². The van der Waals surface area contributed by atoms with E-state index in [-0.39, 0.29) is 4.90 Å². The lowest BCUT2D eigenvalue weighted by atomic mass is 10.2. The third-order valence-electron chi connectivity index (χ3n) is 5.00. The Morgan fingerprint density at radius 2 is 1.76 bits per heavy atom. The molecule has 1 aliphatic rings. The lowest BCUT2D eigenvalue weighted by molar-refractivity contribution is -0.119. The second-order valence-corrected chi connectivity index (χ2v) is 10.2. The highest BCUT2D eigenvalue weighted by atomic mass is 79.9. The smallest absolute Gasteiger partial charge is 0.264 e. The number of nitrogens with zero attached hydrogens (tertiary/aromatic N) is 2. The van der Waals surface area contributed by atoms with Crippen molar-refractivity contribution in [3.63, 3.8) is 0 Å². The monoisotopic (exact) mass is 543 g/mol. The van der Waals surface area contributed by atoms with E-state index in [2.05, 4.69) is 26.5 Å². The molecule has 0 aromatic heterocycles. The highest BCUT2D eigenvalue weighted by Gasteiger charge is 2.27. The van der Waals surface area contributed by atoms with E-state index in [0.29, 0.717) is 36.0 Å². The Bertz CT molecular complexity index is 1310. The summed E-state index contributed by atoms with van der Waals surface area (Å²) in [6.07, 6.45) is 1.43. The number of anilines is 1. The fourth-order valence-corrected chi connectivity index (χ4v) is 4.98. The summed E-state index contributed by atoms with van der Waals surface area (Å²) in [6.45, 7) is 2.30. The van der Waals surface area contributed by atoms with Crippen LogP contribution in [0.15, 0.2) is 81.2 Å². The van der Waals surface area contributed by atoms with Crippen LogP contribution in [0, 0.1) is 6.92 Å². The van der Waals surface area contributed by atoms with Crippen LogP contribution >= 0.6 is 15.9 Å².